The van der Waals surface area contributed by atoms with Crippen molar-refractivity contribution in [2.45, 2.75) is 33.3 Å². The topological polar surface area (TPSA) is 47.3 Å². The van der Waals surface area contributed by atoms with Crippen molar-refractivity contribution in [2.75, 3.05) is 7.11 Å². The van der Waals surface area contributed by atoms with Gasteiger partial charge in [-0.15, -0.1) is 0 Å². The Hall–Kier alpha value is -1.03. The van der Waals surface area contributed by atoms with E-state index in [4.69, 9.17) is 4.74 Å². The van der Waals surface area contributed by atoms with Crippen molar-refractivity contribution < 1.29 is 9.84 Å². The molecule has 0 aliphatic rings. The van der Waals surface area contributed by atoms with E-state index in [1.807, 2.05) is 20.8 Å². The van der Waals surface area contributed by atoms with E-state index in [9.17, 15) is 5.11 Å². The lowest BCUT2D eigenvalue weighted by Gasteiger charge is -2.37. The van der Waals surface area contributed by atoms with Gasteiger partial charge in [-0.05, 0) is 12.3 Å². The Morgan fingerprint density at radius 3 is 2.27 bits per heavy atom. The van der Waals surface area contributed by atoms with Gasteiger partial charge in [-0.1, -0.05) is 20.8 Å². The summed E-state index contributed by atoms with van der Waals surface area (Å²) in [6.45, 7) is 7.74. The molecule has 1 aromatic heterocycles. The summed E-state index contributed by atoms with van der Waals surface area (Å²) in [7, 11) is 3.39. The zero-order valence-corrected chi connectivity index (χ0v) is 10.3. The van der Waals surface area contributed by atoms with Crippen LogP contribution in [0.2, 0.25) is 0 Å². The smallest absolute Gasteiger partial charge is 0.162 e. The van der Waals surface area contributed by atoms with Crippen molar-refractivity contribution in [1.29, 1.82) is 0 Å². The summed E-state index contributed by atoms with van der Waals surface area (Å²) in [5.74, 6) is 0.623. The van der Waals surface area contributed by atoms with E-state index < -0.39 is 5.60 Å². The van der Waals surface area contributed by atoms with Crippen molar-refractivity contribution >= 4 is 0 Å². The molecule has 0 aliphatic heterocycles. The van der Waals surface area contributed by atoms with E-state index in [2.05, 4.69) is 5.10 Å². The highest BCUT2D eigenvalue weighted by molar-refractivity contribution is 5.31. The first-order valence-corrected chi connectivity index (χ1v) is 5.00. The van der Waals surface area contributed by atoms with Gasteiger partial charge in [-0.25, -0.2) is 0 Å². The predicted octanol–water partition coefficient (Wildman–Crippen LogP) is 1.68. The minimum absolute atomic E-state index is 0.284. The second kappa shape index (κ2) is 3.52. The van der Waals surface area contributed by atoms with Gasteiger partial charge >= 0.3 is 0 Å². The molecule has 0 saturated heterocycles. The van der Waals surface area contributed by atoms with Gasteiger partial charge in [0.25, 0.3) is 0 Å². The first kappa shape index (κ1) is 12.0. The number of aliphatic hydroxyl groups is 1. The van der Waals surface area contributed by atoms with E-state index in [1.165, 1.54) is 0 Å². The van der Waals surface area contributed by atoms with Crippen molar-refractivity contribution in [3.63, 3.8) is 0 Å². The van der Waals surface area contributed by atoms with E-state index in [0.717, 1.165) is 0 Å². The van der Waals surface area contributed by atoms with Crippen LogP contribution in [-0.2, 0) is 12.6 Å². The van der Waals surface area contributed by atoms with Crippen LogP contribution in [0.4, 0.5) is 0 Å². The molecule has 1 atom stereocenters. The summed E-state index contributed by atoms with van der Waals surface area (Å²) in [6.07, 6.45) is 1.62. The molecule has 0 saturated carbocycles. The van der Waals surface area contributed by atoms with Crippen LogP contribution >= 0.6 is 0 Å². The maximum absolute atomic E-state index is 10.6. The van der Waals surface area contributed by atoms with Crippen LogP contribution in [0.3, 0.4) is 0 Å². The molecule has 1 unspecified atom stereocenters. The second-order valence-electron chi connectivity index (χ2n) is 5.01. The van der Waals surface area contributed by atoms with Crippen LogP contribution in [0, 0.1) is 5.41 Å². The molecule has 15 heavy (non-hydrogen) atoms. The van der Waals surface area contributed by atoms with Crippen molar-refractivity contribution in [1.82, 2.24) is 9.78 Å². The normalized spacial score (nSPS) is 16.2. The Bertz CT molecular complexity index is 348. The Balaban J connectivity index is 3.31. The average Bonchev–Trinajstić information content (AvgIpc) is 2.44. The highest BCUT2D eigenvalue weighted by atomic mass is 16.5. The number of hydrogen-bond acceptors (Lipinski definition) is 3. The zero-order chi connectivity index (χ0) is 11.9. The molecule has 0 aromatic carbocycles. The molecule has 0 bridgehead atoms. The molecule has 4 nitrogen and oxygen atoms in total. The van der Waals surface area contributed by atoms with Crippen LogP contribution in [0.25, 0.3) is 0 Å². The molecule has 0 radical (unpaired) electrons. The van der Waals surface area contributed by atoms with Gasteiger partial charge in [-0.2, -0.15) is 5.10 Å². The van der Waals surface area contributed by atoms with Gasteiger partial charge in [-0.3, -0.25) is 4.68 Å². The van der Waals surface area contributed by atoms with E-state index in [1.54, 1.807) is 32.0 Å². The maximum Gasteiger partial charge on any atom is 0.162 e. The first-order chi connectivity index (χ1) is 6.71. The molecule has 0 aliphatic carbocycles. The van der Waals surface area contributed by atoms with E-state index in [0.29, 0.717) is 11.4 Å². The Kier molecular flexibility index (Phi) is 2.83. The summed E-state index contributed by atoms with van der Waals surface area (Å²) in [6, 6.07) is 0. The lowest BCUT2D eigenvalue weighted by atomic mass is 9.75. The monoisotopic (exact) mass is 212 g/mol. The third kappa shape index (κ3) is 1.86. The molecule has 1 rings (SSSR count). The molecule has 1 heterocycles. The maximum atomic E-state index is 10.6. The number of hydrogen-bond donors (Lipinski definition) is 1. The Labute approximate surface area is 90.9 Å². The van der Waals surface area contributed by atoms with Crippen LogP contribution in [0.1, 0.15) is 33.4 Å². The van der Waals surface area contributed by atoms with Gasteiger partial charge in [0.1, 0.15) is 11.3 Å². The summed E-state index contributed by atoms with van der Waals surface area (Å²) in [5.41, 5.74) is -0.560. The highest BCUT2D eigenvalue weighted by Crippen LogP contribution is 2.42. The molecule has 0 amide bonds. The summed E-state index contributed by atoms with van der Waals surface area (Å²) in [4.78, 5) is 0. The Morgan fingerprint density at radius 2 is 1.87 bits per heavy atom. The van der Waals surface area contributed by atoms with E-state index >= 15 is 0 Å². The quantitative estimate of drug-likeness (QED) is 0.811. The van der Waals surface area contributed by atoms with Gasteiger partial charge in [0.15, 0.2) is 5.75 Å². The summed E-state index contributed by atoms with van der Waals surface area (Å²) < 4.78 is 6.86. The molecule has 4 heteroatoms. The fourth-order valence-corrected chi connectivity index (χ4v) is 1.48. The number of aromatic nitrogens is 2. The van der Waals surface area contributed by atoms with Gasteiger partial charge in [0.05, 0.1) is 13.3 Å². The van der Waals surface area contributed by atoms with Crippen molar-refractivity contribution in [2.24, 2.45) is 12.5 Å². The molecule has 86 valence electrons. The van der Waals surface area contributed by atoms with E-state index in [-0.39, 0.29) is 5.41 Å². The molecule has 1 N–H and O–H groups in total. The fraction of sp³-hybridized carbons (Fsp3) is 0.727. The number of ether oxygens (including phenoxy) is 1. The largest absolute Gasteiger partial charge is 0.493 e. The minimum Gasteiger partial charge on any atom is -0.493 e. The highest BCUT2D eigenvalue weighted by Gasteiger charge is 2.41. The SMILES string of the molecule is COc1cnn(C)c1C(C)(O)C(C)(C)C. The van der Waals surface area contributed by atoms with Gasteiger partial charge in [0, 0.05) is 7.05 Å². The summed E-state index contributed by atoms with van der Waals surface area (Å²) in [5, 5.41) is 14.7. The lowest BCUT2D eigenvalue weighted by Crippen LogP contribution is -2.39. The zero-order valence-electron chi connectivity index (χ0n) is 10.3. The van der Waals surface area contributed by atoms with Crippen molar-refractivity contribution in [3.05, 3.63) is 11.9 Å². The number of methoxy groups -OCH3 is 1. The molecular weight excluding hydrogens is 192 g/mol. The van der Waals surface area contributed by atoms with Gasteiger partial charge in [0.2, 0.25) is 0 Å². The van der Waals surface area contributed by atoms with Crippen molar-refractivity contribution in [3.8, 4) is 5.75 Å². The van der Waals surface area contributed by atoms with Crippen LogP contribution in [0.15, 0.2) is 6.20 Å². The predicted molar refractivity (Wildman–Crippen MR) is 58.8 cm³/mol. The second-order valence-corrected chi connectivity index (χ2v) is 5.01. The van der Waals surface area contributed by atoms with Crippen LogP contribution in [0.5, 0.6) is 5.75 Å². The van der Waals surface area contributed by atoms with Crippen LogP contribution in [-0.4, -0.2) is 22.0 Å². The number of nitrogens with zero attached hydrogens (tertiary/aromatic N) is 2. The molecule has 0 fully saturated rings. The number of aryl methyl sites for hydroxylation is 1. The molecular formula is C11H20N2O2. The third-order valence-electron chi connectivity index (χ3n) is 3.05. The number of rotatable bonds is 2. The van der Waals surface area contributed by atoms with Gasteiger partial charge < -0.3 is 9.84 Å². The standard InChI is InChI=1S/C11H20N2O2/c1-10(2,3)11(4,14)9-8(15-6)7-12-13(9)5/h7,14H,1-6H3. The third-order valence-corrected chi connectivity index (χ3v) is 3.05. The minimum atomic E-state index is -0.983. The van der Waals surface area contributed by atoms with Crippen LogP contribution < -0.4 is 4.74 Å². The first-order valence-electron chi connectivity index (χ1n) is 5.00. The molecule has 0 spiro atoms. The summed E-state index contributed by atoms with van der Waals surface area (Å²) >= 11 is 0. The average molecular weight is 212 g/mol. The molecule has 1 aromatic rings. The lowest BCUT2D eigenvalue weighted by molar-refractivity contribution is -0.0550. The fourth-order valence-electron chi connectivity index (χ4n) is 1.48. The Morgan fingerprint density at radius 1 is 1.33 bits per heavy atom.